The molecule has 1 aliphatic rings. The molecule has 6 nitrogen and oxygen atoms in total. The maximum atomic E-state index is 11.4. The first-order valence-corrected chi connectivity index (χ1v) is 6.57. The summed E-state index contributed by atoms with van der Waals surface area (Å²) in [5, 5.41) is 13.5. The van der Waals surface area contributed by atoms with Crippen molar-refractivity contribution in [3.63, 3.8) is 0 Å². The molecule has 3 heterocycles. The fraction of sp³-hybridized carbons (Fsp3) is 0.357. The van der Waals surface area contributed by atoms with Crippen LogP contribution in [0, 0.1) is 0 Å². The zero-order valence-corrected chi connectivity index (χ0v) is 11.2. The van der Waals surface area contributed by atoms with Gasteiger partial charge >= 0.3 is 5.97 Å². The molecule has 2 aromatic rings. The van der Waals surface area contributed by atoms with Crippen LogP contribution in [0.1, 0.15) is 28.8 Å². The maximum Gasteiger partial charge on any atom is 0.357 e. The van der Waals surface area contributed by atoms with Crippen molar-refractivity contribution in [3.8, 4) is 11.3 Å². The third kappa shape index (κ3) is 2.08. The van der Waals surface area contributed by atoms with Gasteiger partial charge < -0.3 is 9.84 Å². The van der Waals surface area contributed by atoms with Crippen molar-refractivity contribution >= 4 is 5.97 Å². The summed E-state index contributed by atoms with van der Waals surface area (Å²) in [6.45, 7) is 3.51. The van der Waals surface area contributed by atoms with Gasteiger partial charge in [-0.15, -0.1) is 0 Å². The highest BCUT2D eigenvalue weighted by molar-refractivity contribution is 5.94. The largest absolute Gasteiger partial charge is 0.476 e. The highest BCUT2D eigenvalue weighted by Crippen LogP contribution is 2.29. The Kier molecular flexibility index (Phi) is 3.23. The molecule has 0 atom stereocenters. The second kappa shape index (κ2) is 5.05. The van der Waals surface area contributed by atoms with E-state index >= 15 is 0 Å². The number of aromatic carboxylic acids is 1. The normalized spacial score (nSPS) is 14.1. The van der Waals surface area contributed by atoms with Crippen molar-refractivity contribution in [2.45, 2.75) is 26.5 Å². The van der Waals surface area contributed by atoms with E-state index in [0.29, 0.717) is 31.0 Å². The Morgan fingerprint density at radius 2 is 2.35 bits per heavy atom. The standard InChI is InChI=1S/C14H15N3O3/c1-2-9-4-3-5-10(15-9)12-11-8-20-7-6-17(11)16-13(12)14(18)19/h3-5H,2,6-8H2,1H3,(H,18,19). The van der Waals surface area contributed by atoms with Gasteiger partial charge in [0.05, 0.1) is 36.7 Å². The van der Waals surface area contributed by atoms with Crippen LogP contribution in [-0.2, 0) is 24.3 Å². The van der Waals surface area contributed by atoms with E-state index in [1.165, 1.54) is 0 Å². The summed E-state index contributed by atoms with van der Waals surface area (Å²) in [6, 6.07) is 5.63. The molecule has 0 bridgehead atoms. The second-order valence-electron chi connectivity index (χ2n) is 4.62. The van der Waals surface area contributed by atoms with Crippen LogP contribution in [0.25, 0.3) is 11.3 Å². The average Bonchev–Trinajstić information content (AvgIpc) is 2.87. The molecule has 0 aromatic carbocycles. The number of pyridine rings is 1. The van der Waals surface area contributed by atoms with Gasteiger partial charge in [0.15, 0.2) is 5.69 Å². The molecule has 0 fully saturated rings. The van der Waals surface area contributed by atoms with Crippen molar-refractivity contribution < 1.29 is 14.6 Å². The van der Waals surface area contributed by atoms with Crippen LogP contribution in [0.15, 0.2) is 18.2 Å². The molecule has 6 heteroatoms. The first-order valence-electron chi connectivity index (χ1n) is 6.57. The van der Waals surface area contributed by atoms with E-state index in [1.807, 2.05) is 25.1 Å². The summed E-state index contributed by atoms with van der Waals surface area (Å²) in [4.78, 5) is 15.9. The molecular formula is C14H15N3O3. The van der Waals surface area contributed by atoms with E-state index in [2.05, 4.69) is 10.1 Å². The number of aryl methyl sites for hydroxylation is 1. The van der Waals surface area contributed by atoms with Crippen molar-refractivity contribution in [3.05, 3.63) is 35.3 Å². The minimum atomic E-state index is -1.04. The molecule has 0 unspecified atom stereocenters. The Labute approximate surface area is 116 Å². The first-order chi connectivity index (χ1) is 9.70. The first kappa shape index (κ1) is 12.8. The third-order valence-electron chi connectivity index (χ3n) is 3.37. The second-order valence-corrected chi connectivity index (χ2v) is 4.62. The van der Waals surface area contributed by atoms with Crippen LogP contribution in [0.3, 0.4) is 0 Å². The topological polar surface area (TPSA) is 77.2 Å². The molecular weight excluding hydrogens is 258 g/mol. The number of hydrogen-bond donors (Lipinski definition) is 1. The van der Waals surface area contributed by atoms with Crippen LogP contribution in [0.5, 0.6) is 0 Å². The summed E-state index contributed by atoms with van der Waals surface area (Å²) in [5.74, 6) is -1.04. The number of carboxylic acid groups (broad SMARTS) is 1. The Bertz CT molecular complexity index is 664. The van der Waals surface area contributed by atoms with E-state index < -0.39 is 5.97 Å². The summed E-state index contributed by atoms with van der Waals surface area (Å²) < 4.78 is 7.14. The van der Waals surface area contributed by atoms with E-state index in [-0.39, 0.29) is 5.69 Å². The minimum absolute atomic E-state index is 0.0475. The Morgan fingerprint density at radius 3 is 3.10 bits per heavy atom. The van der Waals surface area contributed by atoms with Crippen molar-refractivity contribution in [2.75, 3.05) is 6.61 Å². The van der Waals surface area contributed by atoms with Gasteiger partial charge in [0.1, 0.15) is 0 Å². The third-order valence-corrected chi connectivity index (χ3v) is 3.37. The van der Waals surface area contributed by atoms with Gasteiger partial charge in [0.2, 0.25) is 0 Å². The van der Waals surface area contributed by atoms with Gasteiger partial charge in [0.25, 0.3) is 0 Å². The molecule has 0 radical (unpaired) electrons. The number of ether oxygens (including phenoxy) is 1. The summed E-state index contributed by atoms with van der Waals surface area (Å²) >= 11 is 0. The average molecular weight is 273 g/mol. The van der Waals surface area contributed by atoms with Crippen molar-refractivity contribution in [2.24, 2.45) is 0 Å². The van der Waals surface area contributed by atoms with Crippen LogP contribution >= 0.6 is 0 Å². The maximum absolute atomic E-state index is 11.4. The number of carbonyl (C=O) groups is 1. The Morgan fingerprint density at radius 1 is 1.50 bits per heavy atom. The lowest BCUT2D eigenvalue weighted by Gasteiger charge is -2.15. The lowest BCUT2D eigenvalue weighted by Crippen LogP contribution is -2.17. The number of fused-ring (bicyclic) bond motifs is 1. The molecule has 0 saturated carbocycles. The highest BCUT2D eigenvalue weighted by Gasteiger charge is 2.26. The van der Waals surface area contributed by atoms with Crippen LogP contribution in [0.2, 0.25) is 0 Å². The Balaban J connectivity index is 2.20. The SMILES string of the molecule is CCc1cccc(-c2c(C(=O)O)nn3c2COCC3)n1. The molecule has 2 aromatic heterocycles. The van der Waals surface area contributed by atoms with Gasteiger partial charge in [0, 0.05) is 5.69 Å². The van der Waals surface area contributed by atoms with E-state index in [9.17, 15) is 9.90 Å². The number of rotatable bonds is 3. The predicted octanol–water partition coefficient (Wildman–Crippen LogP) is 1.74. The monoisotopic (exact) mass is 273 g/mol. The minimum Gasteiger partial charge on any atom is -0.476 e. The fourth-order valence-electron chi connectivity index (χ4n) is 2.38. The molecule has 1 N–H and O–H groups in total. The number of aromatic nitrogens is 3. The highest BCUT2D eigenvalue weighted by atomic mass is 16.5. The summed E-state index contributed by atoms with van der Waals surface area (Å²) in [6.07, 6.45) is 0.802. The van der Waals surface area contributed by atoms with Gasteiger partial charge in [-0.2, -0.15) is 5.10 Å². The summed E-state index contributed by atoms with van der Waals surface area (Å²) in [7, 11) is 0. The molecule has 104 valence electrons. The van der Waals surface area contributed by atoms with Gasteiger partial charge in [-0.3, -0.25) is 9.67 Å². The number of hydrogen-bond acceptors (Lipinski definition) is 4. The van der Waals surface area contributed by atoms with Crippen molar-refractivity contribution in [1.82, 2.24) is 14.8 Å². The lowest BCUT2D eigenvalue weighted by molar-refractivity contribution is 0.0685. The van der Waals surface area contributed by atoms with Crippen LogP contribution < -0.4 is 0 Å². The van der Waals surface area contributed by atoms with Gasteiger partial charge in [-0.25, -0.2) is 4.79 Å². The molecule has 3 rings (SSSR count). The molecule has 0 spiro atoms. The smallest absolute Gasteiger partial charge is 0.357 e. The van der Waals surface area contributed by atoms with Gasteiger partial charge in [-0.1, -0.05) is 13.0 Å². The molecule has 0 amide bonds. The Hall–Kier alpha value is -2.21. The number of carboxylic acids is 1. The van der Waals surface area contributed by atoms with E-state index in [1.54, 1.807) is 4.68 Å². The quantitative estimate of drug-likeness (QED) is 0.921. The molecule has 0 saturated heterocycles. The molecule has 1 aliphatic heterocycles. The van der Waals surface area contributed by atoms with E-state index in [4.69, 9.17) is 4.74 Å². The molecule has 20 heavy (non-hydrogen) atoms. The van der Waals surface area contributed by atoms with Crippen molar-refractivity contribution in [1.29, 1.82) is 0 Å². The lowest BCUT2D eigenvalue weighted by atomic mass is 10.1. The van der Waals surface area contributed by atoms with Crippen LogP contribution in [0.4, 0.5) is 0 Å². The van der Waals surface area contributed by atoms with Crippen LogP contribution in [-0.4, -0.2) is 32.4 Å². The summed E-state index contributed by atoms with van der Waals surface area (Å²) in [5.41, 5.74) is 2.98. The number of nitrogens with zero attached hydrogens (tertiary/aromatic N) is 3. The predicted molar refractivity (Wildman–Crippen MR) is 71.5 cm³/mol. The fourth-order valence-corrected chi connectivity index (χ4v) is 2.38. The zero-order valence-electron chi connectivity index (χ0n) is 11.2. The van der Waals surface area contributed by atoms with Gasteiger partial charge in [-0.05, 0) is 18.6 Å². The van der Waals surface area contributed by atoms with E-state index in [0.717, 1.165) is 17.8 Å². The zero-order chi connectivity index (χ0) is 14.1. The molecule has 0 aliphatic carbocycles.